The van der Waals surface area contributed by atoms with Crippen molar-refractivity contribution >= 4 is 12.6 Å². The summed E-state index contributed by atoms with van der Waals surface area (Å²) in [4.78, 5) is 0. The normalized spacial score (nSPS) is 23.1. The van der Waals surface area contributed by atoms with E-state index in [2.05, 4.69) is 12.6 Å². The quantitative estimate of drug-likeness (QED) is 0.661. The smallest absolute Gasteiger partial charge is 0.170 e. The first-order valence-electron chi connectivity index (χ1n) is 4.75. The summed E-state index contributed by atoms with van der Waals surface area (Å²) in [5.41, 5.74) is 0. The highest BCUT2D eigenvalue weighted by atomic mass is 32.1. The summed E-state index contributed by atoms with van der Waals surface area (Å²) in [5, 5.41) is -1.42. The SMILES string of the molecule is FC(F)(F)C(S)CC1CCCCC1. The molecule has 13 heavy (non-hydrogen) atoms. The molecule has 0 amide bonds. The van der Waals surface area contributed by atoms with Crippen LogP contribution in [0.1, 0.15) is 38.5 Å². The Kier molecular flexibility index (Phi) is 3.95. The minimum atomic E-state index is -4.12. The molecular formula is C9H15F3S. The van der Waals surface area contributed by atoms with Gasteiger partial charge in [0, 0.05) is 0 Å². The van der Waals surface area contributed by atoms with Crippen LogP contribution in [0.25, 0.3) is 0 Å². The Balaban J connectivity index is 2.30. The predicted molar refractivity (Wildman–Crippen MR) is 50.0 cm³/mol. The van der Waals surface area contributed by atoms with E-state index < -0.39 is 11.4 Å². The van der Waals surface area contributed by atoms with E-state index in [4.69, 9.17) is 0 Å². The van der Waals surface area contributed by atoms with Crippen molar-refractivity contribution in [3.05, 3.63) is 0 Å². The van der Waals surface area contributed by atoms with Gasteiger partial charge >= 0.3 is 6.18 Å². The van der Waals surface area contributed by atoms with Crippen molar-refractivity contribution in [1.29, 1.82) is 0 Å². The Bertz CT molecular complexity index is 149. The van der Waals surface area contributed by atoms with Crippen molar-refractivity contribution in [3.63, 3.8) is 0 Å². The third-order valence-corrected chi connectivity index (χ3v) is 3.16. The van der Waals surface area contributed by atoms with Crippen LogP contribution in [-0.2, 0) is 0 Å². The van der Waals surface area contributed by atoms with Gasteiger partial charge in [-0.3, -0.25) is 0 Å². The first-order valence-corrected chi connectivity index (χ1v) is 5.26. The summed E-state index contributed by atoms with van der Waals surface area (Å²) < 4.78 is 36.4. The Morgan fingerprint density at radius 1 is 1.15 bits per heavy atom. The van der Waals surface area contributed by atoms with Gasteiger partial charge in [-0.15, -0.1) is 0 Å². The molecule has 0 aromatic carbocycles. The molecule has 0 aliphatic heterocycles. The third-order valence-electron chi connectivity index (χ3n) is 2.66. The van der Waals surface area contributed by atoms with Gasteiger partial charge in [0.05, 0.1) is 5.25 Å². The zero-order valence-corrected chi connectivity index (χ0v) is 8.37. The standard InChI is InChI=1S/C9H15F3S/c10-9(11,12)8(13)6-7-4-2-1-3-5-7/h7-8,13H,1-6H2. The molecule has 0 N–H and O–H groups in total. The fourth-order valence-corrected chi connectivity index (χ4v) is 2.17. The van der Waals surface area contributed by atoms with Crippen LogP contribution in [0.3, 0.4) is 0 Å². The Hall–Kier alpha value is 0.140. The molecule has 1 unspecified atom stereocenters. The van der Waals surface area contributed by atoms with E-state index in [1.165, 1.54) is 6.42 Å². The fourth-order valence-electron chi connectivity index (χ4n) is 1.87. The van der Waals surface area contributed by atoms with Gasteiger partial charge in [0.15, 0.2) is 0 Å². The summed E-state index contributed by atoms with van der Waals surface area (Å²) in [6, 6.07) is 0. The Labute approximate surface area is 82.3 Å². The number of alkyl halides is 3. The first-order chi connectivity index (χ1) is 6.00. The Morgan fingerprint density at radius 2 is 1.69 bits per heavy atom. The van der Waals surface area contributed by atoms with Gasteiger partial charge in [-0.2, -0.15) is 25.8 Å². The minimum Gasteiger partial charge on any atom is -0.170 e. The van der Waals surface area contributed by atoms with Crippen LogP contribution in [0.2, 0.25) is 0 Å². The zero-order valence-electron chi connectivity index (χ0n) is 7.48. The molecule has 1 fully saturated rings. The second-order valence-corrected chi connectivity index (χ2v) is 4.42. The lowest BCUT2D eigenvalue weighted by molar-refractivity contribution is -0.131. The van der Waals surface area contributed by atoms with E-state index in [0.717, 1.165) is 25.7 Å². The second-order valence-electron chi connectivity index (χ2n) is 3.80. The van der Waals surface area contributed by atoms with E-state index in [-0.39, 0.29) is 12.3 Å². The van der Waals surface area contributed by atoms with Crippen molar-refractivity contribution < 1.29 is 13.2 Å². The molecule has 1 rings (SSSR count). The monoisotopic (exact) mass is 212 g/mol. The van der Waals surface area contributed by atoms with E-state index in [1.807, 2.05) is 0 Å². The number of hydrogen-bond donors (Lipinski definition) is 1. The van der Waals surface area contributed by atoms with Crippen LogP contribution in [0.15, 0.2) is 0 Å². The zero-order chi connectivity index (χ0) is 9.90. The largest absolute Gasteiger partial charge is 0.400 e. The average molecular weight is 212 g/mol. The van der Waals surface area contributed by atoms with Crippen molar-refractivity contribution in [2.45, 2.75) is 50.0 Å². The van der Waals surface area contributed by atoms with Gasteiger partial charge in [-0.05, 0) is 12.3 Å². The van der Waals surface area contributed by atoms with Crippen molar-refractivity contribution in [2.24, 2.45) is 5.92 Å². The maximum atomic E-state index is 12.1. The lowest BCUT2D eigenvalue weighted by atomic mass is 9.86. The van der Waals surface area contributed by atoms with E-state index in [9.17, 15) is 13.2 Å². The lowest BCUT2D eigenvalue weighted by Crippen LogP contribution is -2.26. The molecule has 0 aromatic rings. The minimum absolute atomic E-state index is 0.201. The molecule has 0 saturated heterocycles. The van der Waals surface area contributed by atoms with Crippen molar-refractivity contribution in [3.8, 4) is 0 Å². The van der Waals surface area contributed by atoms with Gasteiger partial charge in [0.1, 0.15) is 0 Å². The van der Waals surface area contributed by atoms with Crippen molar-refractivity contribution in [1.82, 2.24) is 0 Å². The van der Waals surface area contributed by atoms with Crippen LogP contribution < -0.4 is 0 Å². The molecule has 0 spiro atoms. The first kappa shape index (κ1) is 11.2. The predicted octanol–water partition coefficient (Wildman–Crippen LogP) is 3.82. The van der Waals surface area contributed by atoms with E-state index in [0.29, 0.717) is 0 Å². The molecule has 78 valence electrons. The average Bonchev–Trinajstić information content (AvgIpc) is 2.04. The molecule has 0 heterocycles. The maximum absolute atomic E-state index is 12.1. The van der Waals surface area contributed by atoms with Gasteiger partial charge in [-0.1, -0.05) is 32.1 Å². The second kappa shape index (κ2) is 4.58. The van der Waals surface area contributed by atoms with Crippen LogP contribution in [-0.4, -0.2) is 11.4 Å². The van der Waals surface area contributed by atoms with E-state index >= 15 is 0 Å². The topological polar surface area (TPSA) is 0 Å². The maximum Gasteiger partial charge on any atom is 0.400 e. The summed E-state index contributed by atoms with van der Waals surface area (Å²) >= 11 is 3.60. The summed E-state index contributed by atoms with van der Waals surface area (Å²) in [5.74, 6) is 0.248. The summed E-state index contributed by atoms with van der Waals surface area (Å²) in [6.07, 6.45) is 1.33. The number of halogens is 3. The highest BCUT2D eigenvalue weighted by molar-refractivity contribution is 7.81. The van der Waals surface area contributed by atoms with Crippen LogP contribution in [0, 0.1) is 5.92 Å². The number of rotatable bonds is 2. The van der Waals surface area contributed by atoms with Crippen LogP contribution >= 0.6 is 12.6 Å². The third kappa shape index (κ3) is 3.79. The Morgan fingerprint density at radius 3 is 2.15 bits per heavy atom. The molecule has 0 bridgehead atoms. The molecule has 0 radical (unpaired) electrons. The summed E-state index contributed by atoms with van der Waals surface area (Å²) in [7, 11) is 0. The van der Waals surface area contributed by atoms with Crippen LogP contribution in [0.4, 0.5) is 13.2 Å². The van der Waals surface area contributed by atoms with E-state index in [1.54, 1.807) is 0 Å². The molecule has 1 saturated carbocycles. The highest BCUT2D eigenvalue weighted by Gasteiger charge is 2.38. The van der Waals surface area contributed by atoms with Gasteiger partial charge in [-0.25, -0.2) is 0 Å². The number of thiol groups is 1. The molecule has 1 aliphatic carbocycles. The van der Waals surface area contributed by atoms with Gasteiger partial charge in [0.2, 0.25) is 0 Å². The van der Waals surface area contributed by atoms with Gasteiger partial charge < -0.3 is 0 Å². The molecule has 0 nitrogen and oxygen atoms in total. The molecule has 1 aliphatic rings. The highest BCUT2D eigenvalue weighted by Crippen LogP contribution is 2.34. The number of hydrogen-bond acceptors (Lipinski definition) is 1. The molecule has 0 aromatic heterocycles. The van der Waals surface area contributed by atoms with Crippen LogP contribution in [0.5, 0.6) is 0 Å². The molecular weight excluding hydrogens is 197 g/mol. The van der Waals surface area contributed by atoms with Crippen molar-refractivity contribution in [2.75, 3.05) is 0 Å². The lowest BCUT2D eigenvalue weighted by Gasteiger charge is -2.25. The molecule has 1 atom stereocenters. The summed E-state index contributed by atoms with van der Waals surface area (Å²) in [6.45, 7) is 0. The fraction of sp³-hybridized carbons (Fsp3) is 1.00. The van der Waals surface area contributed by atoms with Gasteiger partial charge in [0.25, 0.3) is 0 Å². The molecule has 4 heteroatoms.